The van der Waals surface area contributed by atoms with Gasteiger partial charge >= 0.3 is 0 Å². The van der Waals surface area contributed by atoms with Gasteiger partial charge in [0.1, 0.15) is 5.82 Å². The van der Waals surface area contributed by atoms with Gasteiger partial charge in [-0.25, -0.2) is 4.98 Å². The molecule has 5 nitrogen and oxygen atoms in total. The van der Waals surface area contributed by atoms with Crippen LogP contribution in [0.1, 0.15) is 85.5 Å². The molecule has 2 aromatic rings. The van der Waals surface area contributed by atoms with E-state index in [1.54, 1.807) is 4.57 Å². The lowest BCUT2D eigenvalue weighted by Gasteiger charge is -2.33. The van der Waals surface area contributed by atoms with Crippen molar-refractivity contribution in [1.82, 2.24) is 14.5 Å². The van der Waals surface area contributed by atoms with Crippen molar-refractivity contribution in [3.05, 3.63) is 40.4 Å². The second kappa shape index (κ2) is 11.3. The molecule has 0 spiro atoms. The van der Waals surface area contributed by atoms with Crippen LogP contribution >= 0.6 is 0 Å². The monoisotopic (exact) mass is 413 g/mol. The number of hydrogen-bond acceptors (Lipinski definition) is 3. The molecule has 2 atom stereocenters. The number of benzene rings is 1. The first-order valence-corrected chi connectivity index (χ1v) is 11.6. The zero-order chi connectivity index (χ0) is 22.3. The molecule has 0 saturated heterocycles. The van der Waals surface area contributed by atoms with E-state index < -0.39 is 0 Å². The number of rotatable bonds is 11. The maximum Gasteiger partial charge on any atom is 0.261 e. The lowest BCUT2D eigenvalue weighted by atomic mass is 9.96. The number of nitrogens with zero attached hydrogens (tertiary/aromatic N) is 3. The average Bonchev–Trinajstić information content (AvgIpc) is 2.74. The summed E-state index contributed by atoms with van der Waals surface area (Å²) in [4.78, 5) is 33.5. The average molecular weight is 414 g/mol. The highest BCUT2D eigenvalue weighted by atomic mass is 16.2. The Morgan fingerprint density at radius 1 is 1.10 bits per heavy atom. The molecule has 0 fully saturated rings. The van der Waals surface area contributed by atoms with Crippen LogP contribution in [0.15, 0.2) is 29.1 Å². The third-order valence-electron chi connectivity index (χ3n) is 6.03. The minimum Gasteiger partial charge on any atom is -0.333 e. The Balaban J connectivity index is 2.50. The van der Waals surface area contributed by atoms with Crippen LogP contribution in [-0.2, 0) is 11.3 Å². The Kier molecular flexibility index (Phi) is 9.07. The molecule has 1 heterocycles. The van der Waals surface area contributed by atoms with Crippen molar-refractivity contribution < 1.29 is 4.79 Å². The molecule has 2 unspecified atom stereocenters. The van der Waals surface area contributed by atoms with Crippen molar-refractivity contribution in [1.29, 1.82) is 0 Å². The molecule has 0 aliphatic carbocycles. The predicted molar refractivity (Wildman–Crippen MR) is 125 cm³/mol. The topological polar surface area (TPSA) is 55.2 Å². The van der Waals surface area contributed by atoms with Gasteiger partial charge in [0.2, 0.25) is 5.91 Å². The minimum absolute atomic E-state index is 0.0285. The van der Waals surface area contributed by atoms with Gasteiger partial charge < -0.3 is 4.90 Å². The second-order valence-corrected chi connectivity index (χ2v) is 8.67. The Hall–Kier alpha value is -2.17. The van der Waals surface area contributed by atoms with Gasteiger partial charge in [0.05, 0.1) is 16.9 Å². The molecule has 0 N–H and O–H groups in total. The summed E-state index contributed by atoms with van der Waals surface area (Å²) in [6, 6.07) is 7.23. The van der Waals surface area contributed by atoms with Gasteiger partial charge in [-0.1, -0.05) is 52.7 Å². The zero-order valence-corrected chi connectivity index (χ0v) is 19.6. The number of fused-ring (bicyclic) bond motifs is 1. The van der Waals surface area contributed by atoms with Crippen LogP contribution in [0.2, 0.25) is 0 Å². The molecule has 0 aliphatic heterocycles. The normalized spacial score (nSPS) is 13.6. The van der Waals surface area contributed by atoms with Crippen LogP contribution in [-0.4, -0.2) is 26.9 Å². The van der Waals surface area contributed by atoms with Gasteiger partial charge in [-0.15, -0.1) is 0 Å². The van der Waals surface area contributed by atoms with E-state index in [-0.39, 0.29) is 23.4 Å². The van der Waals surface area contributed by atoms with E-state index in [1.807, 2.05) is 43.0 Å². The van der Waals surface area contributed by atoms with Gasteiger partial charge in [-0.05, 0) is 51.2 Å². The Morgan fingerprint density at radius 2 is 1.80 bits per heavy atom. The first-order chi connectivity index (χ1) is 14.3. The summed E-state index contributed by atoms with van der Waals surface area (Å²) in [6.45, 7) is 13.8. The van der Waals surface area contributed by atoms with Gasteiger partial charge in [-0.2, -0.15) is 0 Å². The summed E-state index contributed by atoms with van der Waals surface area (Å²) < 4.78 is 1.73. The number of para-hydroxylation sites is 1. The molecule has 5 heteroatoms. The minimum atomic E-state index is -0.246. The van der Waals surface area contributed by atoms with Crippen LogP contribution in [0.3, 0.4) is 0 Å². The molecule has 0 saturated carbocycles. The quantitative estimate of drug-likeness (QED) is 0.484. The molecular formula is C25H39N3O2. The number of hydrogen-bond donors (Lipinski definition) is 0. The maximum absolute atomic E-state index is 13.6. The molecule has 166 valence electrons. The van der Waals surface area contributed by atoms with Crippen molar-refractivity contribution in [2.75, 3.05) is 6.54 Å². The molecule has 1 aromatic carbocycles. The van der Waals surface area contributed by atoms with Crippen molar-refractivity contribution in [3.63, 3.8) is 0 Å². The largest absolute Gasteiger partial charge is 0.333 e. The van der Waals surface area contributed by atoms with Crippen LogP contribution in [0, 0.1) is 11.8 Å². The van der Waals surface area contributed by atoms with E-state index in [1.165, 1.54) is 0 Å². The highest BCUT2D eigenvalue weighted by Crippen LogP contribution is 2.26. The lowest BCUT2D eigenvalue weighted by molar-refractivity contribution is -0.138. The van der Waals surface area contributed by atoms with E-state index in [0.717, 1.165) is 32.1 Å². The smallest absolute Gasteiger partial charge is 0.261 e. The fourth-order valence-corrected chi connectivity index (χ4v) is 4.03. The van der Waals surface area contributed by atoms with E-state index in [9.17, 15) is 9.59 Å². The van der Waals surface area contributed by atoms with Gasteiger partial charge in [-0.3, -0.25) is 14.2 Å². The summed E-state index contributed by atoms with van der Waals surface area (Å²) in [7, 11) is 0. The third-order valence-corrected chi connectivity index (χ3v) is 6.03. The fourth-order valence-electron chi connectivity index (χ4n) is 4.03. The van der Waals surface area contributed by atoms with Crippen LogP contribution in [0.4, 0.5) is 0 Å². The van der Waals surface area contributed by atoms with Crippen LogP contribution < -0.4 is 5.56 Å². The van der Waals surface area contributed by atoms with Gasteiger partial charge in [0, 0.05) is 19.0 Å². The number of aromatic nitrogens is 2. The number of carbonyl (C=O) groups excluding carboxylic acids is 1. The number of carbonyl (C=O) groups is 1. The Morgan fingerprint density at radius 3 is 2.40 bits per heavy atom. The van der Waals surface area contributed by atoms with E-state index in [2.05, 4.69) is 27.7 Å². The Labute approximate surface area is 181 Å². The standard InChI is InChI=1S/C25H39N3O2/c1-7-10-13-20(8-2)24(29)28(17-16-18(4)5)19(6)23-26-22-15-12-11-14-21(22)25(30)27(23)9-3/h11-12,14-15,18-20H,7-10,13,16-17H2,1-6H3. The number of amides is 1. The zero-order valence-electron chi connectivity index (χ0n) is 19.6. The van der Waals surface area contributed by atoms with Gasteiger partial charge in [0.25, 0.3) is 5.56 Å². The summed E-state index contributed by atoms with van der Waals surface area (Å²) in [5, 5.41) is 0.629. The van der Waals surface area contributed by atoms with Crippen molar-refractivity contribution in [2.24, 2.45) is 11.8 Å². The lowest BCUT2D eigenvalue weighted by Crippen LogP contribution is -2.41. The molecular weight excluding hydrogens is 374 g/mol. The Bertz CT molecular complexity index is 888. The molecule has 1 amide bonds. The molecule has 2 rings (SSSR count). The predicted octanol–water partition coefficient (Wildman–Crippen LogP) is 5.57. The first kappa shape index (κ1) is 24.1. The molecule has 0 radical (unpaired) electrons. The van der Waals surface area contributed by atoms with Crippen LogP contribution in [0.25, 0.3) is 10.9 Å². The van der Waals surface area contributed by atoms with Crippen molar-refractivity contribution in [3.8, 4) is 0 Å². The molecule has 0 aliphatic rings. The second-order valence-electron chi connectivity index (χ2n) is 8.67. The van der Waals surface area contributed by atoms with Crippen molar-refractivity contribution >= 4 is 16.8 Å². The maximum atomic E-state index is 13.6. The highest BCUT2D eigenvalue weighted by Gasteiger charge is 2.29. The fraction of sp³-hybridized carbons (Fsp3) is 0.640. The summed E-state index contributed by atoms with van der Waals surface area (Å²) >= 11 is 0. The van der Waals surface area contributed by atoms with Gasteiger partial charge in [0.15, 0.2) is 0 Å². The molecule has 30 heavy (non-hydrogen) atoms. The third kappa shape index (κ3) is 5.50. The first-order valence-electron chi connectivity index (χ1n) is 11.6. The summed E-state index contributed by atoms with van der Waals surface area (Å²) in [5.74, 6) is 1.41. The molecule has 1 aromatic heterocycles. The SMILES string of the molecule is CCCCC(CC)C(=O)N(CCC(C)C)C(C)c1nc2ccccc2c(=O)n1CC. The van der Waals surface area contributed by atoms with E-state index in [4.69, 9.17) is 4.98 Å². The number of unbranched alkanes of at least 4 members (excludes halogenated alkanes) is 1. The summed E-state index contributed by atoms with van der Waals surface area (Å²) in [5.41, 5.74) is 0.669. The van der Waals surface area contributed by atoms with E-state index in [0.29, 0.717) is 35.7 Å². The van der Waals surface area contributed by atoms with Crippen LogP contribution in [0.5, 0.6) is 0 Å². The molecule has 0 bridgehead atoms. The highest BCUT2D eigenvalue weighted by molar-refractivity contribution is 5.80. The van der Waals surface area contributed by atoms with E-state index >= 15 is 0 Å². The summed E-state index contributed by atoms with van der Waals surface area (Å²) in [6.07, 6.45) is 4.85. The van der Waals surface area contributed by atoms with Crippen molar-refractivity contribution in [2.45, 2.75) is 86.2 Å².